The molecule has 1 saturated heterocycles. The van der Waals surface area contributed by atoms with Gasteiger partial charge in [-0.3, -0.25) is 9.36 Å². The first-order valence-electron chi connectivity index (χ1n) is 7.25. The molecule has 2 heterocycles. The maximum absolute atomic E-state index is 12.3. The van der Waals surface area contributed by atoms with E-state index < -0.39 is 5.76 Å². The highest BCUT2D eigenvalue weighted by Gasteiger charge is 2.23. The molecule has 6 nitrogen and oxygen atoms in total. The molecular formula is C15H20ClN3O3. The molecule has 1 N–H and O–H groups in total. The Kier molecular flexibility index (Phi) is 5.26. The van der Waals surface area contributed by atoms with Crippen molar-refractivity contribution in [2.45, 2.75) is 25.9 Å². The van der Waals surface area contributed by atoms with Crippen LogP contribution in [-0.2, 0) is 11.3 Å². The van der Waals surface area contributed by atoms with Gasteiger partial charge in [-0.05, 0) is 19.1 Å². The molecule has 120 valence electrons. The molecule has 0 bridgehead atoms. The molecule has 1 aromatic carbocycles. The first-order chi connectivity index (χ1) is 10.2. The Hall–Kier alpha value is -1.79. The predicted octanol–water partition coefficient (Wildman–Crippen LogP) is 1.23. The van der Waals surface area contributed by atoms with Crippen LogP contribution in [0.2, 0.25) is 0 Å². The first kappa shape index (κ1) is 16.6. The van der Waals surface area contributed by atoms with Gasteiger partial charge < -0.3 is 14.6 Å². The third-order valence-corrected chi connectivity index (χ3v) is 3.94. The first-order valence-corrected chi connectivity index (χ1v) is 7.25. The van der Waals surface area contributed by atoms with E-state index in [2.05, 4.69) is 5.32 Å². The zero-order valence-electron chi connectivity index (χ0n) is 12.4. The Bertz CT molecular complexity index is 709. The van der Waals surface area contributed by atoms with Crippen molar-refractivity contribution in [1.29, 1.82) is 0 Å². The van der Waals surface area contributed by atoms with Gasteiger partial charge in [0.1, 0.15) is 0 Å². The Morgan fingerprint density at radius 1 is 1.41 bits per heavy atom. The minimum atomic E-state index is -0.405. The van der Waals surface area contributed by atoms with Crippen LogP contribution < -0.4 is 11.1 Å². The van der Waals surface area contributed by atoms with Crippen molar-refractivity contribution in [1.82, 2.24) is 14.8 Å². The summed E-state index contributed by atoms with van der Waals surface area (Å²) in [7, 11) is 0. The molecular weight excluding hydrogens is 306 g/mol. The molecule has 1 aliphatic heterocycles. The number of benzene rings is 1. The van der Waals surface area contributed by atoms with Crippen molar-refractivity contribution in [3.05, 3.63) is 34.8 Å². The number of nitrogens with one attached hydrogen (secondary N) is 1. The number of rotatable bonds is 3. The Morgan fingerprint density at radius 3 is 2.95 bits per heavy atom. The molecule has 0 aliphatic carbocycles. The van der Waals surface area contributed by atoms with Gasteiger partial charge in [0, 0.05) is 38.6 Å². The van der Waals surface area contributed by atoms with Gasteiger partial charge in [0.25, 0.3) is 0 Å². The number of aryl methyl sites for hydroxylation is 1. The number of hydrogen-bond acceptors (Lipinski definition) is 4. The minimum Gasteiger partial charge on any atom is -0.408 e. The van der Waals surface area contributed by atoms with Gasteiger partial charge in [0.05, 0.1) is 5.52 Å². The lowest BCUT2D eigenvalue weighted by molar-refractivity contribution is -0.134. The summed E-state index contributed by atoms with van der Waals surface area (Å²) in [4.78, 5) is 26.0. The zero-order chi connectivity index (χ0) is 14.8. The number of oxazole rings is 1. The molecule has 1 atom stereocenters. The molecule has 0 saturated carbocycles. The predicted molar refractivity (Wildman–Crippen MR) is 86.4 cm³/mol. The molecule has 1 fully saturated rings. The lowest BCUT2D eigenvalue weighted by Crippen LogP contribution is -2.52. The van der Waals surface area contributed by atoms with E-state index in [9.17, 15) is 9.59 Å². The van der Waals surface area contributed by atoms with Crippen LogP contribution >= 0.6 is 12.4 Å². The van der Waals surface area contributed by atoms with E-state index in [4.69, 9.17) is 4.42 Å². The molecule has 1 aliphatic rings. The van der Waals surface area contributed by atoms with Crippen LogP contribution in [-0.4, -0.2) is 41.1 Å². The van der Waals surface area contributed by atoms with Gasteiger partial charge in [0.15, 0.2) is 5.58 Å². The van der Waals surface area contributed by atoms with Crippen LogP contribution in [0.15, 0.2) is 33.5 Å². The third-order valence-electron chi connectivity index (χ3n) is 3.94. The number of para-hydroxylation sites is 2. The van der Waals surface area contributed by atoms with Crippen LogP contribution in [0.5, 0.6) is 0 Å². The van der Waals surface area contributed by atoms with E-state index in [1.54, 1.807) is 6.07 Å². The number of nitrogens with zero attached hydrogens (tertiary/aromatic N) is 2. The Morgan fingerprint density at radius 2 is 2.18 bits per heavy atom. The lowest BCUT2D eigenvalue weighted by atomic mass is 10.2. The monoisotopic (exact) mass is 325 g/mol. The number of piperazine rings is 1. The van der Waals surface area contributed by atoms with Crippen molar-refractivity contribution in [3.63, 3.8) is 0 Å². The van der Waals surface area contributed by atoms with E-state index in [0.29, 0.717) is 18.5 Å². The number of aromatic nitrogens is 1. The number of fused-ring (bicyclic) bond motifs is 1. The number of carbonyl (C=O) groups excluding carboxylic acids is 1. The highest BCUT2D eigenvalue weighted by Crippen LogP contribution is 2.13. The summed E-state index contributed by atoms with van der Waals surface area (Å²) < 4.78 is 6.70. The van der Waals surface area contributed by atoms with Gasteiger partial charge in [-0.25, -0.2) is 4.79 Å². The molecule has 7 heteroatoms. The average Bonchev–Trinajstić information content (AvgIpc) is 2.81. The van der Waals surface area contributed by atoms with E-state index in [0.717, 1.165) is 25.2 Å². The van der Waals surface area contributed by atoms with Gasteiger partial charge in [-0.1, -0.05) is 12.1 Å². The highest BCUT2D eigenvalue weighted by atomic mass is 35.5. The molecule has 0 unspecified atom stereocenters. The third kappa shape index (κ3) is 3.18. The van der Waals surface area contributed by atoms with E-state index in [-0.39, 0.29) is 24.4 Å². The van der Waals surface area contributed by atoms with Crippen LogP contribution in [0, 0.1) is 0 Å². The molecule has 2 aromatic rings. The summed E-state index contributed by atoms with van der Waals surface area (Å²) in [5.74, 6) is -0.321. The topological polar surface area (TPSA) is 67.5 Å². The van der Waals surface area contributed by atoms with Crippen molar-refractivity contribution >= 4 is 29.4 Å². The number of amides is 1. The van der Waals surface area contributed by atoms with Crippen LogP contribution in [0.1, 0.15) is 13.3 Å². The lowest BCUT2D eigenvalue weighted by Gasteiger charge is -2.34. The summed E-state index contributed by atoms with van der Waals surface area (Å²) in [5.41, 5.74) is 1.30. The summed E-state index contributed by atoms with van der Waals surface area (Å²) in [6, 6.07) is 7.46. The molecule has 0 radical (unpaired) electrons. The second kappa shape index (κ2) is 6.98. The van der Waals surface area contributed by atoms with E-state index in [1.165, 1.54) is 4.57 Å². The van der Waals surface area contributed by atoms with Gasteiger partial charge in [-0.15, -0.1) is 12.4 Å². The fourth-order valence-electron chi connectivity index (χ4n) is 2.79. The minimum absolute atomic E-state index is 0. The average molecular weight is 326 g/mol. The summed E-state index contributed by atoms with van der Waals surface area (Å²) in [5, 5.41) is 3.26. The molecule has 1 aromatic heterocycles. The van der Waals surface area contributed by atoms with E-state index in [1.807, 2.05) is 30.0 Å². The smallest absolute Gasteiger partial charge is 0.408 e. The molecule has 22 heavy (non-hydrogen) atoms. The van der Waals surface area contributed by atoms with Crippen molar-refractivity contribution in [3.8, 4) is 0 Å². The van der Waals surface area contributed by atoms with Gasteiger partial charge >= 0.3 is 5.76 Å². The Balaban J connectivity index is 0.00000176. The summed E-state index contributed by atoms with van der Waals surface area (Å²) in [6.07, 6.45) is 0.313. The molecule has 1 amide bonds. The summed E-state index contributed by atoms with van der Waals surface area (Å²) in [6.45, 7) is 4.75. The number of halogens is 1. The maximum Gasteiger partial charge on any atom is 0.419 e. The number of hydrogen-bond donors (Lipinski definition) is 1. The highest BCUT2D eigenvalue weighted by molar-refractivity contribution is 5.85. The second-order valence-corrected chi connectivity index (χ2v) is 5.38. The van der Waals surface area contributed by atoms with Gasteiger partial charge in [0.2, 0.25) is 5.91 Å². The van der Waals surface area contributed by atoms with Crippen molar-refractivity contribution in [2.75, 3.05) is 19.6 Å². The van der Waals surface area contributed by atoms with E-state index >= 15 is 0 Å². The maximum atomic E-state index is 12.3. The Labute approximate surface area is 134 Å². The fraction of sp³-hybridized carbons (Fsp3) is 0.467. The standard InChI is InChI=1S/C15H19N3O3.ClH/c1-11-10-16-7-9-17(11)14(19)6-8-18-12-4-2-3-5-13(12)21-15(18)20;/h2-5,11,16H,6-10H2,1H3;1H/t11-;/m1./s1. The fourth-order valence-corrected chi connectivity index (χ4v) is 2.79. The molecule has 0 spiro atoms. The van der Waals surface area contributed by atoms with Crippen LogP contribution in [0.4, 0.5) is 0 Å². The normalized spacial score (nSPS) is 18.2. The van der Waals surface area contributed by atoms with Crippen LogP contribution in [0.25, 0.3) is 11.1 Å². The SMILES string of the molecule is C[C@@H]1CNCCN1C(=O)CCn1c(=O)oc2ccccc21.Cl. The van der Waals surface area contributed by atoms with Gasteiger partial charge in [-0.2, -0.15) is 0 Å². The van der Waals surface area contributed by atoms with Crippen LogP contribution in [0.3, 0.4) is 0 Å². The largest absolute Gasteiger partial charge is 0.419 e. The number of carbonyl (C=O) groups is 1. The second-order valence-electron chi connectivity index (χ2n) is 5.38. The zero-order valence-corrected chi connectivity index (χ0v) is 13.3. The van der Waals surface area contributed by atoms with Crippen molar-refractivity contribution < 1.29 is 9.21 Å². The van der Waals surface area contributed by atoms with Crippen molar-refractivity contribution in [2.24, 2.45) is 0 Å². The molecule has 3 rings (SSSR count). The quantitative estimate of drug-likeness (QED) is 0.921. The summed E-state index contributed by atoms with van der Waals surface area (Å²) >= 11 is 0.